The van der Waals surface area contributed by atoms with Crippen LogP contribution in [0.4, 0.5) is 13.2 Å². The molecule has 0 radical (unpaired) electrons. The van der Waals surface area contributed by atoms with Crippen LogP contribution in [0.1, 0.15) is 11.1 Å². The third kappa shape index (κ3) is 4.84. The molecule has 2 rings (SSSR count). The molecule has 0 bridgehead atoms. The molecule has 0 aliphatic rings. The van der Waals surface area contributed by atoms with Crippen LogP contribution in [0.25, 0.3) is 6.08 Å². The van der Waals surface area contributed by atoms with Gasteiger partial charge in [0.15, 0.2) is 9.84 Å². The smallest absolute Gasteiger partial charge is 0.223 e. The van der Waals surface area contributed by atoms with Gasteiger partial charge in [-0.15, -0.1) is 0 Å². The average Bonchev–Trinajstić information content (AvgIpc) is 2.46. The summed E-state index contributed by atoms with van der Waals surface area (Å²) in [6.07, 6.45) is -1.47. The number of rotatable bonds is 4. The van der Waals surface area contributed by atoms with Crippen molar-refractivity contribution < 1.29 is 21.6 Å². The summed E-state index contributed by atoms with van der Waals surface area (Å²) in [5.41, 5.74) is -0.147. The van der Waals surface area contributed by atoms with E-state index in [-0.39, 0.29) is 10.6 Å². The normalized spacial score (nSPS) is 12.7. The Bertz CT molecular complexity index is 810. The number of benzene rings is 2. The molecule has 23 heavy (non-hydrogen) atoms. The van der Waals surface area contributed by atoms with Crippen molar-refractivity contribution in [3.05, 3.63) is 70.8 Å². The Hall–Kier alpha value is -1.79. The second-order valence-electron chi connectivity index (χ2n) is 4.76. The lowest BCUT2D eigenvalue weighted by Crippen LogP contribution is -2.08. The molecule has 0 saturated heterocycles. The fourth-order valence-electron chi connectivity index (χ4n) is 1.87. The summed E-state index contributed by atoms with van der Waals surface area (Å²) in [6.45, 7) is 0. The largest absolute Gasteiger partial charge is 0.416 e. The van der Waals surface area contributed by atoms with Crippen LogP contribution < -0.4 is 0 Å². The zero-order chi connectivity index (χ0) is 17.1. The van der Waals surface area contributed by atoms with E-state index in [1.54, 1.807) is 30.3 Å². The van der Waals surface area contributed by atoms with E-state index >= 15 is 0 Å². The molecule has 2 nitrogen and oxygen atoms in total. The van der Waals surface area contributed by atoms with Gasteiger partial charge in [0.2, 0.25) is 0 Å². The topological polar surface area (TPSA) is 34.1 Å². The van der Waals surface area contributed by atoms with Crippen LogP contribution in [0.2, 0.25) is 5.02 Å². The average molecular weight is 361 g/mol. The molecule has 0 aromatic heterocycles. The summed E-state index contributed by atoms with van der Waals surface area (Å²) < 4.78 is 61.6. The monoisotopic (exact) mass is 360 g/mol. The molecular weight excluding hydrogens is 349 g/mol. The summed E-state index contributed by atoms with van der Waals surface area (Å²) in [6, 6.07) is 10.3. The number of hydrogen-bond acceptors (Lipinski definition) is 2. The molecular formula is C16H12ClF3O2S. The van der Waals surface area contributed by atoms with Gasteiger partial charge in [0.05, 0.1) is 16.2 Å². The number of sulfone groups is 1. The molecule has 0 heterocycles. The van der Waals surface area contributed by atoms with Gasteiger partial charge in [-0.3, -0.25) is 0 Å². The van der Waals surface area contributed by atoms with Crippen molar-refractivity contribution in [2.24, 2.45) is 0 Å². The third-order valence-corrected chi connectivity index (χ3v) is 4.87. The van der Waals surface area contributed by atoms with Crippen molar-refractivity contribution >= 4 is 27.5 Å². The molecule has 2 aromatic carbocycles. The highest BCUT2D eigenvalue weighted by Crippen LogP contribution is 2.29. The highest BCUT2D eigenvalue weighted by Gasteiger charge is 2.30. The maximum Gasteiger partial charge on any atom is 0.416 e. The van der Waals surface area contributed by atoms with Crippen LogP contribution in [0.3, 0.4) is 0 Å². The quantitative estimate of drug-likeness (QED) is 0.781. The molecule has 0 fully saturated rings. The van der Waals surface area contributed by atoms with Crippen molar-refractivity contribution in [3.63, 3.8) is 0 Å². The van der Waals surface area contributed by atoms with Crippen molar-refractivity contribution in [2.75, 3.05) is 5.75 Å². The van der Waals surface area contributed by atoms with Gasteiger partial charge in [-0.2, -0.15) is 13.2 Å². The van der Waals surface area contributed by atoms with Gasteiger partial charge in [-0.05, 0) is 42.0 Å². The molecule has 0 unspecified atom stereocenters. The second-order valence-corrected chi connectivity index (χ2v) is 7.23. The number of hydrogen-bond donors (Lipinski definition) is 0. The lowest BCUT2D eigenvalue weighted by molar-refractivity contribution is -0.137. The minimum Gasteiger partial charge on any atom is -0.223 e. The van der Waals surface area contributed by atoms with Crippen LogP contribution in [0.15, 0.2) is 59.5 Å². The molecule has 0 aliphatic heterocycles. The maximum absolute atomic E-state index is 12.5. The molecule has 7 heteroatoms. The maximum atomic E-state index is 12.5. The highest BCUT2D eigenvalue weighted by atomic mass is 35.5. The van der Waals surface area contributed by atoms with Gasteiger partial charge in [-0.1, -0.05) is 35.9 Å². The van der Waals surface area contributed by atoms with Gasteiger partial charge < -0.3 is 0 Å². The first-order chi connectivity index (χ1) is 10.7. The van der Waals surface area contributed by atoms with E-state index in [1.807, 2.05) is 0 Å². The van der Waals surface area contributed by atoms with E-state index in [0.717, 1.165) is 29.8 Å². The standard InChI is InChI=1S/C16H12ClF3O2S/c17-14-5-1-3-12(11-14)4-2-10-23(21,22)15-8-6-13(7-9-15)16(18,19)20/h1-9,11H,10H2. The molecule has 0 aliphatic carbocycles. The molecule has 0 N–H and O–H groups in total. The molecule has 2 aromatic rings. The van der Waals surface area contributed by atoms with E-state index in [4.69, 9.17) is 11.6 Å². The summed E-state index contributed by atoms with van der Waals surface area (Å²) >= 11 is 5.82. The Labute approximate surface area is 137 Å². The SMILES string of the molecule is O=S(=O)(CC=Cc1cccc(Cl)c1)c1ccc(C(F)(F)F)cc1. The summed E-state index contributed by atoms with van der Waals surface area (Å²) in [4.78, 5) is -0.152. The fourth-order valence-corrected chi connectivity index (χ4v) is 3.16. The van der Waals surface area contributed by atoms with Gasteiger partial charge in [-0.25, -0.2) is 8.42 Å². The number of alkyl halides is 3. The Morgan fingerprint density at radius 1 is 1.04 bits per heavy atom. The van der Waals surface area contributed by atoms with Gasteiger partial charge >= 0.3 is 6.18 Å². The van der Waals surface area contributed by atoms with Crippen LogP contribution in [-0.4, -0.2) is 14.2 Å². The Balaban J connectivity index is 2.13. The first kappa shape index (κ1) is 17.6. The van der Waals surface area contributed by atoms with Crippen LogP contribution in [-0.2, 0) is 16.0 Å². The summed E-state index contributed by atoms with van der Waals surface area (Å²) in [5.74, 6) is -0.315. The lowest BCUT2D eigenvalue weighted by atomic mass is 10.2. The van der Waals surface area contributed by atoms with Crippen LogP contribution in [0, 0.1) is 0 Å². The predicted molar refractivity (Wildman–Crippen MR) is 84.0 cm³/mol. The van der Waals surface area contributed by atoms with Crippen molar-refractivity contribution in [2.45, 2.75) is 11.1 Å². The highest BCUT2D eigenvalue weighted by molar-refractivity contribution is 7.91. The molecule has 0 spiro atoms. The minimum absolute atomic E-state index is 0.152. The molecule has 0 atom stereocenters. The summed E-state index contributed by atoms with van der Waals surface area (Å²) in [5, 5.41) is 0.526. The van der Waals surface area contributed by atoms with Gasteiger partial charge in [0.25, 0.3) is 0 Å². The number of halogens is 4. The first-order valence-corrected chi connectivity index (χ1v) is 8.54. The second kappa shape index (κ2) is 6.76. The Morgan fingerprint density at radius 2 is 1.70 bits per heavy atom. The zero-order valence-electron chi connectivity index (χ0n) is 11.7. The van der Waals surface area contributed by atoms with E-state index in [2.05, 4.69) is 0 Å². The molecule has 0 saturated carbocycles. The van der Waals surface area contributed by atoms with E-state index < -0.39 is 21.6 Å². The van der Waals surface area contributed by atoms with E-state index in [1.165, 1.54) is 6.08 Å². The van der Waals surface area contributed by atoms with Gasteiger partial charge in [0, 0.05) is 5.02 Å². The Kier molecular flexibility index (Phi) is 5.16. The van der Waals surface area contributed by atoms with Crippen molar-refractivity contribution in [1.29, 1.82) is 0 Å². The van der Waals surface area contributed by atoms with Crippen LogP contribution >= 0.6 is 11.6 Å². The van der Waals surface area contributed by atoms with Crippen LogP contribution in [0.5, 0.6) is 0 Å². The minimum atomic E-state index is -4.49. The third-order valence-electron chi connectivity index (χ3n) is 3.02. The molecule has 0 amide bonds. The van der Waals surface area contributed by atoms with Crippen molar-refractivity contribution in [1.82, 2.24) is 0 Å². The predicted octanol–water partition coefficient (Wildman–Crippen LogP) is 4.85. The lowest BCUT2D eigenvalue weighted by Gasteiger charge is -2.07. The Morgan fingerprint density at radius 3 is 2.26 bits per heavy atom. The van der Waals surface area contributed by atoms with Gasteiger partial charge in [0.1, 0.15) is 0 Å². The summed E-state index contributed by atoms with van der Waals surface area (Å²) in [7, 11) is -3.69. The van der Waals surface area contributed by atoms with E-state index in [9.17, 15) is 21.6 Å². The first-order valence-electron chi connectivity index (χ1n) is 6.51. The van der Waals surface area contributed by atoms with E-state index in [0.29, 0.717) is 5.02 Å². The van der Waals surface area contributed by atoms with Crippen molar-refractivity contribution in [3.8, 4) is 0 Å². The zero-order valence-corrected chi connectivity index (χ0v) is 13.3. The fraction of sp³-hybridized carbons (Fsp3) is 0.125. The molecule has 122 valence electrons.